The summed E-state index contributed by atoms with van der Waals surface area (Å²) in [5.41, 5.74) is 0. The quantitative estimate of drug-likeness (QED) is 0.198. The Kier molecular flexibility index (Phi) is 4.89. The average molecular weight is 251 g/mol. The summed E-state index contributed by atoms with van der Waals surface area (Å²) in [6.45, 7) is 0.717. The number of rotatable bonds is 7. The van der Waals surface area contributed by atoms with Gasteiger partial charge in [-0.1, -0.05) is 0 Å². The van der Waals surface area contributed by atoms with Gasteiger partial charge >= 0.3 is 11.8 Å². The highest BCUT2D eigenvalue weighted by molar-refractivity contribution is 5.65. The van der Waals surface area contributed by atoms with Crippen LogP contribution in [0.15, 0.2) is 0 Å². The maximum absolute atomic E-state index is 10.4. The van der Waals surface area contributed by atoms with Crippen LogP contribution in [0.3, 0.4) is 0 Å². The van der Waals surface area contributed by atoms with Crippen molar-refractivity contribution in [2.45, 2.75) is 25.6 Å². The summed E-state index contributed by atoms with van der Waals surface area (Å²) in [7, 11) is 0. The van der Waals surface area contributed by atoms with Crippen molar-refractivity contribution in [3.8, 4) is 0 Å². The largest absolute Gasteiger partial charge is 0.699 e. The molecule has 0 rings (SSSR count). The van der Waals surface area contributed by atoms with Gasteiger partial charge in [0.05, 0.1) is 6.61 Å². The molecule has 0 aromatic carbocycles. The van der Waals surface area contributed by atoms with E-state index in [1.807, 2.05) is 0 Å². The van der Waals surface area contributed by atoms with E-state index in [-0.39, 0.29) is 13.0 Å². The minimum Gasteiger partial charge on any atom is -0.466 e. The van der Waals surface area contributed by atoms with E-state index in [0.717, 1.165) is 6.92 Å². The predicted molar refractivity (Wildman–Crippen MR) is 49.6 cm³/mol. The van der Waals surface area contributed by atoms with Gasteiger partial charge in [0.2, 0.25) is 0 Å². The van der Waals surface area contributed by atoms with Crippen molar-refractivity contribution in [3.63, 3.8) is 0 Å². The van der Waals surface area contributed by atoms with Crippen LogP contribution in [0.5, 0.6) is 0 Å². The molecule has 0 aliphatic rings. The first kappa shape index (κ1) is 14.7. The van der Waals surface area contributed by atoms with Gasteiger partial charge in [-0.3, -0.25) is 35.1 Å². The van der Waals surface area contributed by atoms with Crippen molar-refractivity contribution in [3.05, 3.63) is 30.3 Å². The van der Waals surface area contributed by atoms with Crippen molar-refractivity contribution in [2.24, 2.45) is 0 Å². The summed E-state index contributed by atoms with van der Waals surface area (Å²) < 4.78 is 4.37. The Bertz CT molecular complexity index is 317. The number of nitrogens with zero attached hydrogens (tertiary/aromatic N) is 3. The van der Waals surface area contributed by atoms with E-state index in [1.54, 1.807) is 0 Å². The lowest BCUT2D eigenvalue weighted by atomic mass is 10.2. The zero-order chi connectivity index (χ0) is 13.6. The third kappa shape index (κ3) is 3.32. The second-order valence-electron chi connectivity index (χ2n) is 2.99. The van der Waals surface area contributed by atoms with E-state index in [1.165, 1.54) is 0 Å². The zero-order valence-corrected chi connectivity index (χ0v) is 8.73. The first-order chi connectivity index (χ1) is 7.75. The summed E-state index contributed by atoms with van der Waals surface area (Å²) in [5, 5.41) is 31.3. The Morgan fingerprint density at radius 2 is 1.53 bits per heavy atom. The number of hydrogen-bond acceptors (Lipinski definition) is 8. The van der Waals surface area contributed by atoms with Crippen LogP contribution < -0.4 is 0 Å². The molecule has 0 spiro atoms. The minimum atomic E-state index is -3.49. The fourth-order valence-electron chi connectivity index (χ4n) is 0.999. The van der Waals surface area contributed by atoms with Crippen LogP contribution in [0.4, 0.5) is 0 Å². The van der Waals surface area contributed by atoms with Gasteiger partial charge in [-0.15, -0.1) is 0 Å². The number of ether oxygens (including phenoxy) is 1. The lowest BCUT2D eigenvalue weighted by Crippen LogP contribution is -2.53. The average Bonchev–Trinajstić information content (AvgIpc) is 2.15. The van der Waals surface area contributed by atoms with Crippen LogP contribution in [0.25, 0.3) is 0 Å². The number of nitro groups is 3. The van der Waals surface area contributed by atoms with Crippen molar-refractivity contribution in [1.29, 1.82) is 0 Å². The molecule has 0 fully saturated rings. The molecule has 0 heterocycles. The number of carbonyl (C=O) groups is 1. The molecule has 0 saturated heterocycles. The first-order valence-electron chi connectivity index (χ1n) is 4.32. The summed E-state index contributed by atoms with van der Waals surface area (Å²) in [4.78, 5) is 37.0. The lowest BCUT2D eigenvalue weighted by molar-refractivity contribution is -0.970. The highest BCUT2D eigenvalue weighted by Gasteiger charge is 2.69. The third-order valence-electron chi connectivity index (χ3n) is 1.84. The van der Waals surface area contributed by atoms with E-state index in [0.29, 0.717) is 0 Å². The molecule has 96 valence electrons. The van der Waals surface area contributed by atoms with Gasteiger partial charge < -0.3 is 4.74 Å². The molecule has 0 saturated carbocycles. The molecule has 0 atom stereocenters. The second-order valence-corrected chi connectivity index (χ2v) is 2.99. The molecule has 0 aromatic rings. The van der Waals surface area contributed by atoms with Crippen LogP contribution in [-0.2, 0) is 9.53 Å². The van der Waals surface area contributed by atoms with Gasteiger partial charge in [-0.25, -0.2) is 0 Å². The normalized spacial score (nSPS) is 10.6. The highest BCUT2D eigenvalue weighted by atomic mass is 16.7. The summed E-state index contributed by atoms with van der Waals surface area (Å²) >= 11 is 0. The Morgan fingerprint density at radius 3 is 1.82 bits per heavy atom. The topological polar surface area (TPSA) is 156 Å². The minimum absolute atomic E-state index is 0.355. The van der Waals surface area contributed by atoms with Gasteiger partial charge in [-0.05, 0) is 0 Å². The molecule has 17 heavy (non-hydrogen) atoms. The Morgan fingerprint density at radius 1 is 1.12 bits per heavy atom. The molecule has 0 aliphatic heterocycles. The second kappa shape index (κ2) is 5.67. The summed E-state index contributed by atoms with van der Waals surface area (Å²) in [6.07, 6.45) is -1.32. The molecular weight excluding hydrogens is 242 g/mol. The zero-order valence-electron chi connectivity index (χ0n) is 8.73. The van der Waals surface area contributed by atoms with Crippen LogP contribution >= 0.6 is 0 Å². The molecule has 0 amide bonds. The number of esters is 1. The standard InChI is InChI=1S/C6H9N3O8/c1-5(10)17-4-2-3-6(7(11)12,8(13)14)9(15)16/h2-4H2,1H3. The van der Waals surface area contributed by atoms with Gasteiger partial charge in [-0.2, -0.15) is 0 Å². The van der Waals surface area contributed by atoms with Crippen molar-refractivity contribution in [2.75, 3.05) is 6.61 Å². The van der Waals surface area contributed by atoms with Crippen molar-refractivity contribution >= 4 is 5.97 Å². The van der Waals surface area contributed by atoms with E-state index < -0.39 is 32.9 Å². The maximum atomic E-state index is 10.4. The molecule has 0 radical (unpaired) electrons. The SMILES string of the molecule is CC(=O)OCCCC([N+](=O)[O-])([N+](=O)[O-])[N+](=O)[O-]. The Balaban J connectivity index is 4.72. The molecule has 0 aliphatic carbocycles. The molecular formula is C6H9N3O8. The number of hydrogen-bond donors (Lipinski definition) is 0. The van der Waals surface area contributed by atoms with Crippen LogP contribution in [-0.4, -0.2) is 33.1 Å². The fraction of sp³-hybridized carbons (Fsp3) is 0.833. The van der Waals surface area contributed by atoms with Crippen LogP contribution in [0.1, 0.15) is 19.8 Å². The Hall–Kier alpha value is -2.33. The van der Waals surface area contributed by atoms with Crippen LogP contribution in [0.2, 0.25) is 0 Å². The van der Waals surface area contributed by atoms with Crippen molar-refractivity contribution in [1.82, 2.24) is 0 Å². The van der Waals surface area contributed by atoms with Gasteiger partial charge in [0, 0.05) is 13.3 Å². The summed E-state index contributed by atoms with van der Waals surface area (Å²) in [6, 6.07) is 0. The monoisotopic (exact) mass is 251 g/mol. The van der Waals surface area contributed by atoms with Gasteiger partial charge in [0.15, 0.2) is 21.2 Å². The maximum Gasteiger partial charge on any atom is 0.699 e. The summed E-state index contributed by atoms with van der Waals surface area (Å²) in [5.74, 6) is -4.17. The van der Waals surface area contributed by atoms with Crippen LogP contribution in [0, 0.1) is 30.3 Å². The van der Waals surface area contributed by atoms with E-state index in [4.69, 9.17) is 0 Å². The molecule has 0 unspecified atom stereocenters. The van der Waals surface area contributed by atoms with Gasteiger partial charge in [0.1, 0.15) is 0 Å². The molecule has 0 bridgehead atoms. The molecule has 11 heteroatoms. The molecule has 0 aromatic heterocycles. The van der Waals surface area contributed by atoms with E-state index >= 15 is 0 Å². The predicted octanol–water partition coefficient (Wildman–Crippen LogP) is -0.186. The third-order valence-corrected chi connectivity index (χ3v) is 1.84. The molecule has 11 nitrogen and oxygen atoms in total. The Labute approximate surface area is 93.8 Å². The van der Waals surface area contributed by atoms with Crippen molar-refractivity contribution < 1.29 is 24.3 Å². The van der Waals surface area contributed by atoms with E-state index in [9.17, 15) is 35.1 Å². The van der Waals surface area contributed by atoms with Gasteiger partial charge in [0.25, 0.3) is 0 Å². The molecule has 0 N–H and O–H groups in total. The number of carbonyl (C=O) groups excluding carboxylic acids is 1. The lowest BCUT2D eigenvalue weighted by Gasteiger charge is -2.08. The fourth-order valence-corrected chi connectivity index (χ4v) is 0.999. The first-order valence-corrected chi connectivity index (χ1v) is 4.32. The highest BCUT2D eigenvalue weighted by Crippen LogP contribution is 2.19. The van der Waals surface area contributed by atoms with E-state index in [2.05, 4.69) is 4.74 Å². The smallest absolute Gasteiger partial charge is 0.466 e.